The van der Waals surface area contributed by atoms with Crippen LogP contribution in [0, 0.1) is 11.8 Å². The van der Waals surface area contributed by atoms with Gasteiger partial charge in [0.15, 0.2) is 0 Å². The van der Waals surface area contributed by atoms with Gasteiger partial charge >= 0.3 is 6.03 Å². The first-order chi connectivity index (χ1) is 7.38. The molecular formula is C12H26N2O2. The molecule has 96 valence electrons. The second-order valence-corrected chi connectivity index (χ2v) is 4.85. The molecule has 0 aromatic carbocycles. The molecule has 0 radical (unpaired) electrons. The van der Waals surface area contributed by atoms with Gasteiger partial charge in [0.25, 0.3) is 0 Å². The van der Waals surface area contributed by atoms with Crippen LogP contribution in [-0.2, 0) is 0 Å². The third-order valence-corrected chi connectivity index (χ3v) is 3.62. The minimum absolute atomic E-state index is 0.0326. The monoisotopic (exact) mass is 230 g/mol. The second kappa shape index (κ2) is 6.74. The first-order valence-electron chi connectivity index (χ1n) is 6.05. The highest BCUT2D eigenvalue weighted by Crippen LogP contribution is 2.27. The van der Waals surface area contributed by atoms with E-state index in [-0.39, 0.29) is 18.2 Å². The smallest absolute Gasteiger partial charge is 0.315 e. The summed E-state index contributed by atoms with van der Waals surface area (Å²) in [6.45, 7) is 10.8. The molecule has 2 atom stereocenters. The Hall–Kier alpha value is -0.770. The average Bonchev–Trinajstić information content (AvgIpc) is 2.24. The molecule has 0 saturated carbocycles. The summed E-state index contributed by atoms with van der Waals surface area (Å²) in [5, 5.41) is 14.3. The van der Waals surface area contributed by atoms with Gasteiger partial charge in [-0.3, -0.25) is 0 Å². The van der Waals surface area contributed by atoms with Gasteiger partial charge in [-0.25, -0.2) is 4.79 Å². The van der Waals surface area contributed by atoms with E-state index in [0.29, 0.717) is 18.4 Å². The molecule has 0 aliphatic heterocycles. The normalized spacial score (nSPS) is 16.7. The number of hydrogen-bond donors (Lipinski definition) is 3. The first-order valence-corrected chi connectivity index (χ1v) is 6.05. The van der Waals surface area contributed by atoms with E-state index >= 15 is 0 Å². The summed E-state index contributed by atoms with van der Waals surface area (Å²) in [6.07, 6.45) is 1.02. The van der Waals surface area contributed by atoms with Crippen LogP contribution in [0.15, 0.2) is 0 Å². The highest BCUT2D eigenvalue weighted by atomic mass is 16.3. The van der Waals surface area contributed by atoms with Crippen molar-refractivity contribution in [3.8, 4) is 0 Å². The minimum atomic E-state index is -0.214. The summed E-state index contributed by atoms with van der Waals surface area (Å²) in [5.41, 5.74) is -0.214. The zero-order valence-electron chi connectivity index (χ0n) is 11.1. The van der Waals surface area contributed by atoms with Crippen LogP contribution >= 0.6 is 0 Å². The van der Waals surface area contributed by atoms with Crippen molar-refractivity contribution in [1.82, 2.24) is 10.6 Å². The lowest BCUT2D eigenvalue weighted by Gasteiger charge is -2.40. The standard InChI is InChI=1S/C12H26N2O2/c1-6-10(4)12(5,9(2)3)14-11(16)13-7-8-15/h9-10,15H,6-8H2,1-5H3,(H2,13,14,16). The molecule has 0 rings (SSSR count). The molecule has 0 heterocycles. The molecule has 0 aromatic heterocycles. The maximum Gasteiger partial charge on any atom is 0.315 e. The predicted molar refractivity (Wildman–Crippen MR) is 66.3 cm³/mol. The lowest BCUT2D eigenvalue weighted by molar-refractivity contribution is 0.165. The van der Waals surface area contributed by atoms with Gasteiger partial charge in [0.2, 0.25) is 0 Å². The summed E-state index contributed by atoms with van der Waals surface area (Å²) < 4.78 is 0. The first kappa shape index (κ1) is 15.2. The van der Waals surface area contributed by atoms with Crippen molar-refractivity contribution in [3.05, 3.63) is 0 Å². The average molecular weight is 230 g/mol. The molecule has 0 aliphatic rings. The summed E-state index contributed by atoms with van der Waals surface area (Å²) in [4.78, 5) is 11.6. The van der Waals surface area contributed by atoms with Crippen LogP contribution in [-0.4, -0.2) is 29.8 Å². The number of amides is 2. The zero-order chi connectivity index (χ0) is 12.8. The largest absolute Gasteiger partial charge is 0.395 e. The Morgan fingerprint density at radius 1 is 1.38 bits per heavy atom. The number of rotatable bonds is 6. The number of aliphatic hydroxyl groups is 1. The molecular weight excluding hydrogens is 204 g/mol. The highest BCUT2D eigenvalue weighted by Gasteiger charge is 2.34. The zero-order valence-corrected chi connectivity index (χ0v) is 11.1. The van der Waals surface area contributed by atoms with Crippen LogP contribution in [0.2, 0.25) is 0 Å². The molecule has 4 nitrogen and oxygen atoms in total. The molecule has 0 aliphatic carbocycles. The molecule has 0 bridgehead atoms. The van der Waals surface area contributed by atoms with E-state index in [0.717, 1.165) is 6.42 Å². The third kappa shape index (κ3) is 4.00. The molecule has 4 heteroatoms. The van der Waals surface area contributed by atoms with Crippen molar-refractivity contribution in [2.45, 2.75) is 46.6 Å². The van der Waals surface area contributed by atoms with Crippen LogP contribution in [0.25, 0.3) is 0 Å². The molecule has 0 spiro atoms. The van der Waals surface area contributed by atoms with Gasteiger partial charge in [-0.2, -0.15) is 0 Å². The Labute approximate surface area is 98.8 Å². The van der Waals surface area contributed by atoms with Crippen LogP contribution in [0.4, 0.5) is 4.79 Å². The Morgan fingerprint density at radius 3 is 2.31 bits per heavy atom. The van der Waals surface area contributed by atoms with Crippen LogP contribution in [0.3, 0.4) is 0 Å². The Balaban J connectivity index is 4.50. The minimum Gasteiger partial charge on any atom is -0.395 e. The number of aliphatic hydroxyl groups excluding tert-OH is 1. The van der Waals surface area contributed by atoms with Gasteiger partial charge in [0, 0.05) is 12.1 Å². The van der Waals surface area contributed by atoms with Crippen molar-refractivity contribution >= 4 is 6.03 Å². The maximum atomic E-state index is 11.6. The predicted octanol–water partition coefficient (Wildman–Crippen LogP) is 1.74. The number of urea groups is 1. The van der Waals surface area contributed by atoms with Gasteiger partial charge in [-0.05, 0) is 18.8 Å². The Morgan fingerprint density at radius 2 is 1.94 bits per heavy atom. The topological polar surface area (TPSA) is 61.4 Å². The molecule has 2 unspecified atom stereocenters. The lowest BCUT2D eigenvalue weighted by Crippen LogP contribution is -2.57. The van der Waals surface area contributed by atoms with Crippen molar-refractivity contribution in [2.75, 3.05) is 13.2 Å². The van der Waals surface area contributed by atoms with Crippen molar-refractivity contribution in [3.63, 3.8) is 0 Å². The number of carbonyl (C=O) groups excluding carboxylic acids is 1. The van der Waals surface area contributed by atoms with Crippen molar-refractivity contribution in [1.29, 1.82) is 0 Å². The quantitative estimate of drug-likeness (QED) is 0.651. The fourth-order valence-corrected chi connectivity index (χ4v) is 1.72. The third-order valence-electron chi connectivity index (χ3n) is 3.62. The van der Waals surface area contributed by atoms with Crippen molar-refractivity contribution < 1.29 is 9.90 Å². The Kier molecular flexibility index (Phi) is 6.41. The van der Waals surface area contributed by atoms with E-state index in [4.69, 9.17) is 5.11 Å². The number of nitrogens with one attached hydrogen (secondary N) is 2. The molecule has 3 N–H and O–H groups in total. The number of hydrogen-bond acceptors (Lipinski definition) is 2. The van der Waals surface area contributed by atoms with E-state index in [9.17, 15) is 4.79 Å². The number of carbonyl (C=O) groups is 1. The van der Waals surface area contributed by atoms with E-state index < -0.39 is 0 Å². The van der Waals surface area contributed by atoms with E-state index in [1.807, 2.05) is 0 Å². The van der Waals surface area contributed by atoms with Gasteiger partial charge in [-0.15, -0.1) is 0 Å². The van der Waals surface area contributed by atoms with Crippen molar-refractivity contribution in [2.24, 2.45) is 11.8 Å². The van der Waals surface area contributed by atoms with Gasteiger partial charge in [0.1, 0.15) is 0 Å². The fraction of sp³-hybridized carbons (Fsp3) is 0.917. The SMILES string of the molecule is CCC(C)C(C)(NC(=O)NCCO)C(C)C. The second-order valence-electron chi connectivity index (χ2n) is 4.85. The van der Waals surface area contributed by atoms with E-state index in [1.165, 1.54) is 0 Å². The maximum absolute atomic E-state index is 11.6. The molecule has 0 saturated heterocycles. The molecule has 2 amide bonds. The summed E-state index contributed by atoms with van der Waals surface area (Å²) >= 11 is 0. The van der Waals surface area contributed by atoms with Crippen LogP contribution < -0.4 is 10.6 Å². The molecule has 16 heavy (non-hydrogen) atoms. The van der Waals surface area contributed by atoms with Crippen LogP contribution in [0.5, 0.6) is 0 Å². The lowest BCUT2D eigenvalue weighted by atomic mass is 9.76. The van der Waals surface area contributed by atoms with Gasteiger partial charge in [0.05, 0.1) is 6.61 Å². The highest BCUT2D eigenvalue weighted by molar-refractivity contribution is 5.74. The Bertz CT molecular complexity index is 219. The van der Waals surface area contributed by atoms with Gasteiger partial charge < -0.3 is 15.7 Å². The van der Waals surface area contributed by atoms with E-state index in [2.05, 4.69) is 45.3 Å². The van der Waals surface area contributed by atoms with Crippen LogP contribution in [0.1, 0.15) is 41.0 Å². The van der Waals surface area contributed by atoms with Gasteiger partial charge in [-0.1, -0.05) is 34.1 Å². The summed E-state index contributed by atoms with van der Waals surface area (Å²) in [5.74, 6) is 0.773. The fourth-order valence-electron chi connectivity index (χ4n) is 1.72. The molecule has 0 aromatic rings. The van der Waals surface area contributed by atoms with E-state index in [1.54, 1.807) is 0 Å². The summed E-state index contributed by atoms with van der Waals surface area (Å²) in [6, 6.07) is -0.203. The molecule has 0 fully saturated rings. The summed E-state index contributed by atoms with van der Waals surface area (Å²) in [7, 11) is 0.